The molecule has 1 atom stereocenters. The second-order valence-corrected chi connectivity index (χ2v) is 10.3. The maximum absolute atomic E-state index is 13.7. The average Bonchev–Trinajstić information content (AvgIpc) is 2.92. The summed E-state index contributed by atoms with van der Waals surface area (Å²) in [4.78, 5) is 39.6. The highest BCUT2D eigenvalue weighted by molar-refractivity contribution is 7.90. The number of fused-ring (bicyclic) bond motifs is 1. The lowest BCUT2D eigenvalue weighted by Crippen LogP contribution is -2.46. The molecule has 0 aliphatic heterocycles. The van der Waals surface area contributed by atoms with E-state index in [-0.39, 0.29) is 23.4 Å². The standard InChI is InChI=1S/C29H26N2O6S/c1-2-31(24-10-4-3-5-11-24)28(33)26(18-20-12-14-22(15-13-20)29(34)35)27(32)30-38(36,37)25-17-16-21-8-6-7-9-23(21)19-25/h3-17,19,26H,2,18H2,1H3,(H,30,32)(H,34,35). The summed E-state index contributed by atoms with van der Waals surface area (Å²) >= 11 is 0. The third-order valence-electron chi connectivity index (χ3n) is 6.17. The Morgan fingerprint density at radius 1 is 0.842 bits per heavy atom. The molecule has 0 radical (unpaired) electrons. The number of nitrogens with one attached hydrogen (secondary N) is 1. The van der Waals surface area contributed by atoms with Gasteiger partial charge in [-0.1, -0.05) is 60.7 Å². The summed E-state index contributed by atoms with van der Waals surface area (Å²) in [5.74, 6) is -4.04. The maximum Gasteiger partial charge on any atom is 0.335 e. The highest BCUT2D eigenvalue weighted by Crippen LogP contribution is 2.22. The first-order valence-corrected chi connectivity index (χ1v) is 13.4. The van der Waals surface area contributed by atoms with Gasteiger partial charge in [-0.05, 0) is 66.1 Å². The lowest BCUT2D eigenvalue weighted by atomic mass is 9.96. The van der Waals surface area contributed by atoms with Crippen LogP contribution in [0.15, 0.2) is 102 Å². The molecule has 0 aliphatic carbocycles. The van der Waals surface area contributed by atoms with E-state index in [0.717, 1.165) is 5.39 Å². The van der Waals surface area contributed by atoms with Crippen LogP contribution in [0.1, 0.15) is 22.8 Å². The van der Waals surface area contributed by atoms with Gasteiger partial charge in [-0.2, -0.15) is 0 Å². The van der Waals surface area contributed by atoms with Crippen LogP contribution in [0.5, 0.6) is 0 Å². The molecule has 0 spiro atoms. The van der Waals surface area contributed by atoms with Crippen LogP contribution in [0.25, 0.3) is 10.8 Å². The molecule has 38 heavy (non-hydrogen) atoms. The average molecular weight is 531 g/mol. The van der Waals surface area contributed by atoms with Gasteiger partial charge in [0.25, 0.3) is 10.0 Å². The fraction of sp³-hybridized carbons (Fsp3) is 0.138. The topological polar surface area (TPSA) is 121 Å². The number of benzene rings is 4. The van der Waals surface area contributed by atoms with Gasteiger partial charge in [0.05, 0.1) is 10.5 Å². The van der Waals surface area contributed by atoms with Crippen molar-refractivity contribution in [3.63, 3.8) is 0 Å². The van der Waals surface area contributed by atoms with Crippen molar-refractivity contribution in [3.8, 4) is 0 Å². The fourth-order valence-electron chi connectivity index (χ4n) is 4.17. The highest BCUT2D eigenvalue weighted by Gasteiger charge is 2.34. The number of carboxylic acid groups (broad SMARTS) is 1. The maximum atomic E-state index is 13.7. The van der Waals surface area contributed by atoms with Gasteiger partial charge in [0, 0.05) is 12.2 Å². The van der Waals surface area contributed by atoms with Gasteiger partial charge in [0.2, 0.25) is 11.8 Å². The van der Waals surface area contributed by atoms with Crippen molar-refractivity contribution in [3.05, 3.63) is 108 Å². The van der Waals surface area contributed by atoms with Gasteiger partial charge in [-0.25, -0.2) is 17.9 Å². The summed E-state index contributed by atoms with van der Waals surface area (Å²) in [6.45, 7) is 2.01. The molecule has 8 nitrogen and oxygen atoms in total. The molecule has 4 rings (SSSR count). The second-order valence-electron chi connectivity index (χ2n) is 8.66. The predicted molar refractivity (Wildman–Crippen MR) is 144 cm³/mol. The van der Waals surface area contributed by atoms with Crippen molar-refractivity contribution in [2.75, 3.05) is 11.4 Å². The zero-order valence-electron chi connectivity index (χ0n) is 20.6. The van der Waals surface area contributed by atoms with Crippen molar-refractivity contribution >= 4 is 44.3 Å². The molecule has 2 amide bonds. The number of hydrogen-bond donors (Lipinski definition) is 2. The fourth-order valence-corrected chi connectivity index (χ4v) is 5.22. The summed E-state index contributed by atoms with van der Waals surface area (Å²) < 4.78 is 28.4. The van der Waals surface area contributed by atoms with Crippen LogP contribution in [0.4, 0.5) is 5.69 Å². The Kier molecular flexibility index (Phi) is 7.87. The van der Waals surface area contributed by atoms with Crippen LogP contribution in [-0.4, -0.2) is 37.9 Å². The third-order valence-corrected chi connectivity index (χ3v) is 7.52. The van der Waals surface area contributed by atoms with Crippen molar-refractivity contribution in [2.24, 2.45) is 5.92 Å². The van der Waals surface area contributed by atoms with Gasteiger partial charge in [-0.3, -0.25) is 9.59 Å². The van der Waals surface area contributed by atoms with E-state index in [1.807, 2.05) is 12.1 Å². The summed E-state index contributed by atoms with van der Waals surface area (Å²) in [5.41, 5.74) is 1.13. The quantitative estimate of drug-likeness (QED) is 0.312. The second kappa shape index (κ2) is 11.3. The van der Waals surface area contributed by atoms with Crippen LogP contribution in [-0.2, 0) is 26.0 Å². The molecule has 0 fully saturated rings. The first-order chi connectivity index (χ1) is 18.2. The summed E-state index contributed by atoms with van der Waals surface area (Å²) in [5, 5.41) is 10.7. The molecule has 1 unspecified atom stereocenters. The molecule has 0 saturated carbocycles. The van der Waals surface area contributed by atoms with E-state index < -0.39 is 33.7 Å². The minimum Gasteiger partial charge on any atom is -0.478 e. The minimum absolute atomic E-state index is 0.0550. The molecule has 0 saturated heterocycles. The molecular formula is C29H26N2O6S. The van der Waals surface area contributed by atoms with E-state index in [4.69, 9.17) is 0 Å². The smallest absolute Gasteiger partial charge is 0.335 e. The molecular weight excluding hydrogens is 504 g/mol. The zero-order valence-corrected chi connectivity index (χ0v) is 21.4. The van der Waals surface area contributed by atoms with Gasteiger partial charge in [0.1, 0.15) is 5.92 Å². The molecule has 194 valence electrons. The molecule has 0 heterocycles. The number of aromatic carboxylic acids is 1. The van der Waals surface area contributed by atoms with Crippen LogP contribution in [0, 0.1) is 5.92 Å². The van der Waals surface area contributed by atoms with E-state index in [1.54, 1.807) is 55.5 Å². The minimum atomic E-state index is -4.28. The van der Waals surface area contributed by atoms with Gasteiger partial charge >= 0.3 is 5.97 Å². The van der Waals surface area contributed by atoms with E-state index in [2.05, 4.69) is 4.72 Å². The molecule has 9 heteroatoms. The Labute approximate surface area is 220 Å². The Morgan fingerprint density at radius 3 is 2.11 bits per heavy atom. The Hall–Kier alpha value is -4.50. The Morgan fingerprint density at radius 2 is 1.47 bits per heavy atom. The number of para-hydroxylation sites is 1. The van der Waals surface area contributed by atoms with Crippen LogP contribution >= 0.6 is 0 Å². The van der Waals surface area contributed by atoms with Crippen LogP contribution in [0.2, 0.25) is 0 Å². The summed E-state index contributed by atoms with van der Waals surface area (Å²) in [7, 11) is -4.28. The number of hydrogen-bond acceptors (Lipinski definition) is 5. The number of carbonyl (C=O) groups excluding carboxylic acids is 2. The number of rotatable bonds is 9. The summed E-state index contributed by atoms with van der Waals surface area (Å²) in [6, 6.07) is 26.3. The number of amides is 2. The first-order valence-electron chi connectivity index (χ1n) is 11.9. The number of anilines is 1. The van der Waals surface area contributed by atoms with E-state index >= 15 is 0 Å². The molecule has 4 aromatic rings. The number of carboxylic acids is 1. The van der Waals surface area contributed by atoms with E-state index in [9.17, 15) is 27.9 Å². The van der Waals surface area contributed by atoms with Gasteiger partial charge in [0.15, 0.2) is 0 Å². The largest absolute Gasteiger partial charge is 0.478 e. The Bertz CT molecular complexity index is 1580. The molecule has 0 bridgehead atoms. The molecule has 0 aliphatic rings. The highest BCUT2D eigenvalue weighted by atomic mass is 32.2. The lowest BCUT2D eigenvalue weighted by Gasteiger charge is -2.26. The third kappa shape index (κ3) is 5.90. The molecule has 0 aromatic heterocycles. The number of sulfonamides is 1. The first kappa shape index (κ1) is 26.6. The molecule has 4 aromatic carbocycles. The normalized spacial score (nSPS) is 12.0. The summed E-state index contributed by atoms with van der Waals surface area (Å²) in [6.07, 6.45) is -0.124. The van der Waals surface area contributed by atoms with Gasteiger partial charge in [-0.15, -0.1) is 0 Å². The van der Waals surface area contributed by atoms with E-state index in [0.29, 0.717) is 16.6 Å². The van der Waals surface area contributed by atoms with E-state index in [1.165, 1.54) is 41.3 Å². The number of nitrogens with zero attached hydrogens (tertiary/aromatic N) is 1. The van der Waals surface area contributed by atoms with Crippen molar-refractivity contribution in [2.45, 2.75) is 18.2 Å². The zero-order chi connectivity index (χ0) is 27.3. The monoisotopic (exact) mass is 530 g/mol. The Balaban J connectivity index is 1.66. The van der Waals surface area contributed by atoms with Crippen molar-refractivity contribution in [1.29, 1.82) is 0 Å². The number of carbonyl (C=O) groups is 3. The van der Waals surface area contributed by atoms with Crippen molar-refractivity contribution in [1.82, 2.24) is 4.72 Å². The lowest BCUT2D eigenvalue weighted by molar-refractivity contribution is -0.132. The van der Waals surface area contributed by atoms with Gasteiger partial charge < -0.3 is 10.0 Å². The predicted octanol–water partition coefficient (Wildman–Crippen LogP) is 4.25. The molecule has 2 N–H and O–H groups in total. The van der Waals surface area contributed by atoms with Crippen LogP contribution in [0.3, 0.4) is 0 Å². The van der Waals surface area contributed by atoms with Crippen molar-refractivity contribution < 1.29 is 27.9 Å². The SMILES string of the molecule is CCN(C(=O)C(Cc1ccc(C(=O)O)cc1)C(=O)NS(=O)(=O)c1ccc2ccccc2c1)c1ccccc1. The van der Waals surface area contributed by atoms with Crippen LogP contribution < -0.4 is 9.62 Å².